The molecule has 0 aliphatic rings. The summed E-state index contributed by atoms with van der Waals surface area (Å²) in [6.07, 6.45) is -0.731. The second-order valence-electron chi connectivity index (χ2n) is 4.02. The third-order valence-electron chi connectivity index (χ3n) is 2.72. The Hall–Kier alpha value is -1.10. The van der Waals surface area contributed by atoms with E-state index < -0.39 is 30.1 Å². The van der Waals surface area contributed by atoms with Gasteiger partial charge in [0, 0.05) is 12.8 Å². The van der Waals surface area contributed by atoms with E-state index in [1.54, 1.807) is 0 Å². The molecule has 2 atom stereocenters. The van der Waals surface area contributed by atoms with E-state index in [9.17, 15) is 25.9 Å². The monoisotopic (exact) mass is 338 g/mol. The first-order valence-corrected chi connectivity index (χ1v) is 8.85. The molecule has 0 saturated heterocycles. The molecule has 7 nitrogen and oxygen atoms in total. The third-order valence-corrected chi connectivity index (χ3v) is 5.34. The summed E-state index contributed by atoms with van der Waals surface area (Å²) in [4.78, 5) is -5.01. The van der Waals surface area contributed by atoms with Crippen LogP contribution in [0.25, 0.3) is 0 Å². The molecule has 0 amide bonds. The Labute approximate surface area is 125 Å². The first kappa shape index (κ1) is 19.9. The van der Waals surface area contributed by atoms with Gasteiger partial charge in [-0.3, -0.25) is 9.11 Å². The minimum atomic E-state index is -4.90. The van der Waals surface area contributed by atoms with E-state index in [0.29, 0.717) is 0 Å². The topological polar surface area (TPSA) is 118 Å². The first-order chi connectivity index (χ1) is 9.45. The minimum absolute atomic E-state index is 0.366. The van der Waals surface area contributed by atoms with E-state index in [1.807, 2.05) is 0 Å². The highest BCUT2D eigenvalue weighted by Crippen LogP contribution is 2.33. The van der Waals surface area contributed by atoms with Gasteiger partial charge in [0.15, 0.2) is 0 Å². The lowest BCUT2D eigenvalue weighted by molar-refractivity contribution is -0.0171. The molecule has 0 aromatic heterocycles. The van der Waals surface area contributed by atoms with Gasteiger partial charge >= 0.3 is 20.2 Å². The van der Waals surface area contributed by atoms with Gasteiger partial charge in [-0.15, -0.1) is 11.8 Å². The highest BCUT2D eigenvalue weighted by molar-refractivity contribution is 7.88. The van der Waals surface area contributed by atoms with Crippen molar-refractivity contribution < 1.29 is 30.7 Å². The van der Waals surface area contributed by atoms with Crippen molar-refractivity contribution in [2.24, 2.45) is 0 Å². The Bertz CT molecular complexity index is 638. The molecule has 0 saturated carbocycles. The molecule has 0 heterocycles. The molecule has 21 heavy (non-hydrogen) atoms. The fourth-order valence-corrected chi connectivity index (χ4v) is 3.36. The van der Waals surface area contributed by atoms with Gasteiger partial charge in [0.2, 0.25) is 0 Å². The quantitative estimate of drug-likeness (QED) is 0.548. The zero-order valence-corrected chi connectivity index (χ0v) is 13.8. The minimum Gasteiger partial charge on any atom is -0.311 e. The predicted octanol–water partition coefficient (Wildman–Crippen LogP) is 1.04. The van der Waals surface area contributed by atoms with Gasteiger partial charge in [0.1, 0.15) is 0 Å². The van der Waals surface area contributed by atoms with Crippen molar-refractivity contribution in [3.63, 3.8) is 0 Å². The van der Waals surface area contributed by atoms with Crippen molar-refractivity contribution in [3.8, 4) is 23.7 Å². The zero-order chi connectivity index (χ0) is 16.9. The van der Waals surface area contributed by atoms with Crippen molar-refractivity contribution in [2.45, 2.75) is 50.4 Å². The molecule has 2 unspecified atom stereocenters. The molecule has 0 bridgehead atoms. The molecule has 2 N–H and O–H groups in total. The van der Waals surface area contributed by atoms with Crippen LogP contribution in [-0.2, 0) is 25.0 Å². The van der Waals surface area contributed by atoms with Crippen LogP contribution in [0.5, 0.6) is 0 Å². The summed E-state index contributed by atoms with van der Waals surface area (Å²) in [6.45, 7) is 5.26. The van der Waals surface area contributed by atoms with Crippen LogP contribution in [0.1, 0.15) is 40.5 Å². The van der Waals surface area contributed by atoms with E-state index in [4.69, 9.17) is 4.74 Å². The van der Waals surface area contributed by atoms with E-state index in [2.05, 4.69) is 23.7 Å². The van der Waals surface area contributed by atoms with Crippen LogP contribution in [0.2, 0.25) is 0 Å². The molecular formula is C12H18O7S2. The number of hydrogen-bond acceptors (Lipinski definition) is 5. The van der Waals surface area contributed by atoms with Crippen molar-refractivity contribution in [1.82, 2.24) is 0 Å². The lowest BCUT2D eigenvalue weighted by Crippen LogP contribution is -2.51. The predicted molar refractivity (Wildman–Crippen MR) is 77.1 cm³/mol. The first-order valence-electron chi connectivity index (χ1n) is 5.97. The van der Waals surface area contributed by atoms with Crippen LogP contribution >= 0.6 is 0 Å². The van der Waals surface area contributed by atoms with Crippen molar-refractivity contribution in [1.29, 1.82) is 0 Å². The number of rotatable bonds is 6. The fraction of sp³-hybridized carbons (Fsp3) is 0.667. The lowest BCUT2D eigenvalue weighted by Gasteiger charge is -2.33. The average Bonchev–Trinajstić information content (AvgIpc) is 2.34. The molecule has 0 aromatic rings. The molecule has 0 aliphatic heterocycles. The highest BCUT2D eigenvalue weighted by atomic mass is 32.2. The normalized spacial score (nSPS) is 17.4. The zero-order valence-electron chi connectivity index (χ0n) is 12.2. The fourth-order valence-electron chi connectivity index (χ4n) is 1.62. The van der Waals surface area contributed by atoms with Crippen LogP contribution < -0.4 is 0 Å². The van der Waals surface area contributed by atoms with E-state index in [-0.39, 0.29) is 12.8 Å². The van der Waals surface area contributed by atoms with Crippen molar-refractivity contribution >= 4 is 20.2 Å². The Kier molecular flexibility index (Phi) is 6.42. The molecule has 9 heteroatoms. The van der Waals surface area contributed by atoms with E-state index in [1.165, 1.54) is 27.7 Å². The molecule has 0 aromatic carbocycles. The summed E-state index contributed by atoms with van der Waals surface area (Å²) in [6, 6.07) is 0. The summed E-state index contributed by atoms with van der Waals surface area (Å²) < 4.78 is 70.3. The van der Waals surface area contributed by atoms with Crippen LogP contribution in [0, 0.1) is 23.7 Å². The Morgan fingerprint density at radius 2 is 1.14 bits per heavy atom. The third kappa shape index (κ3) is 3.96. The summed E-state index contributed by atoms with van der Waals surface area (Å²) in [5.41, 5.74) is 0. The van der Waals surface area contributed by atoms with Crippen LogP contribution in [0.3, 0.4) is 0 Å². The maximum absolute atomic E-state index is 11.6. The molecule has 0 fully saturated rings. The smallest absolute Gasteiger partial charge is 0.307 e. The second kappa shape index (κ2) is 6.77. The maximum Gasteiger partial charge on any atom is 0.307 e. The van der Waals surface area contributed by atoms with Gasteiger partial charge in [0.25, 0.3) is 9.87 Å². The molecular weight excluding hydrogens is 320 g/mol. The summed E-state index contributed by atoms with van der Waals surface area (Å²) in [5.74, 6) is 8.84. The van der Waals surface area contributed by atoms with Crippen LogP contribution in [-0.4, -0.2) is 35.8 Å². The van der Waals surface area contributed by atoms with Gasteiger partial charge in [-0.2, -0.15) is 16.8 Å². The maximum atomic E-state index is 11.6. The molecule has 0 rings (SSSR count). The average molecular weight is 338 g/mol. The lowest BCUT2D eigenvalue weighted by atomic mass is 10.2. The summed E-state index contributed by atoms with van der Waals surface area (Å²) in [7, 11) is -9.80. The highest BCUT2D eigenvalue weighted by Gasteiger charge is 2.53. The van der Waals surface area contributed by atoms with Crippen molar-refractivity contribution in [2.75, 3.05) is 0 Å². The van der Waals surface area contributed by atoms with Gasteiger partial charge in [-0.05, 0) is 25.7 Å². The summed E-state index contributed by atoms with van der Waals surface area (Å²) in [5, 5.41) is 0. The van der Waals surface area contributed by atoms with E-state index in [0.717, 1.165) is 0 Å². The number of ether oxygens (including phenoxy) is 1. The molecule has 0 aliphatic carbocycles. The van der Waals surface area contributed by atoms with Crippen LogP contribution in [0.15, 0.2) is 0 Å². The summed E-state index contributed by atoms with van der Waals surface area (Å²) >= 11 is 0. The Balaban J connectivity index is 6.45. The van der Waals surface area contributed by atoms with Crippen molar-refractivity contribution in [3.05, 3.63) is 0 Å². The van der Waals surface area contributed by atoms with Gasteiger partial charge in [-0.1, -0.05) is 13.8 Å². The second-order valence-corrected chi connectivity index (χ2v) is 7.23. The molecule has 0 spiro atoms. The van der Waals surface area contributed by atoms with Gasteiger partial charge in [0.05, 0.1) is 0 Å². The Morgan fingerprint density at radius 1 is 0.857 bits per heavy atom. The van der Waals surface area contributed by atoms with Gasteiger partial charge < -0.3 is 4.74 Å². The largest absolute Gasteiger partial charge is 0.311 e. The SMILES string of the molecule is CC#CC(CC)(OC(C#CC)(CC)S(=O)(=O)O)S(=O)(=O)O. The van der Waals surface area contributed by atoms with E-state index >= 15 is 0 Å². The van der Waals surface area contributed by atoms with Crippen LogP contribution in [0.4, 0.5) is 0 Å². The molecule has 0 radical (unpaired) electrons. The molecule has 120 valence electrons. The Morgan fingerprint density at radius 3 is 1.29 bits per heavy atom. The standard InChI is InChI=1S/C12H18O7S2/c1-5-9-11(7-3,20(13,14)15)19-12(8-4,10-6-2)21(16,17)18/h7-8H2,1-4H3,(H,13,14,15)(H,16,17,18). The number of hydrogen-bond donors (Lipinski definition) is 2. The van der Waals surface area contributed by atoms with Gasteiger partial charge in [-0.25, -0.2) is 0 Å².